The first-order valence-electron chi connectivity index (χ1n) is 2.34. The summed E-state index contributed by atoms with van der Waals surface area (Å²) < 4.78 is 0. The second kappa shape index (κ2) is 18.3. The maximum absolute atomic E-state index is 3.48. The van der Waals surface area contributed by atoms with Crippen LogP contribution in [-0.2, 0) is 0 Å². The van der Waals surface area contributed by atoms with Gasteiger partial charge in [0, 0.05) is 11.6 Å². The topological polar surface area (TPSA) is 263 Å². The predicted molar refractivity (Wildman–Crippen MR) is 43.4 cm³/mol. The predicted octanol–water partition coefficient (Wildman–Crippen LogP) is -12.5. The molecule has 0 aromatic carbocycles. The monoisotopic (exact) mass is 272 g/mol. The van der Waals surface area contributed by atoms with Crippen LogP contribution in [0.3, 0.4) is 0 Å². The van der Waals surface area contributed by atoms with E-state index in [0.717, 1.165) is 0 Å². The zero-order valence-corrected chi connectivity index (χ0v) is 13.1. The molecule has 2 aromatic heterocycles. The Labute approximate surface area is 138 Å². The molecule has 0 aliphatic rings. The number of tetrazole rings is 2. The van der Waals surface area contributed by atoms with Crippen molar-refractivity contribution in [1.29, 1.82) is 0 Å². The molecule has 0 unspecified atom stereocenters. The number of rotatable bonds is 1. The van der Waals surface area contributed by atoms with E-state index >= 15 is 0 Å². The molecule has 0 aliphatic heterocycles. The largest absolute Gasteiger partial charge is 1.00 e. The standard InChI is InChI=1S/C2N8.2Na.5H2O/c3-1(4-8-7-3)2-5-9-10-6-2;;;;;;;/h;;;5*1H2/q-2;2*+1;;;;;. The molecule has 13 nitrogen and oxygen atoms in total. The number of aromatic nitrogens is 8. The van der Waals surface area contributed by atoms with Crippen molar-refractivity contribution in [3.05, 3.63) is 0 Å². The Kier molecular flexibility index (Phi) is 38.7. The van der Waals surface area contributed by atoms with Crippen molar-refractivity contribution in [1.82, 2.24) is 41.2 Å². The maximum Gasteiger partial charge on any atom is 1.00 e. The minimum Gasteiger partial charge on any atom is -0.412 e. The summed E-state index contributed by atoms with van der Waals surface area (Å²) in [6, 6.07) is 0. The second-order valence-electron chi connectivity index (χ2n) is 1.40. The molecule has 17 heavy (non-hydrogen) atoms. The van der Waals surface area contributed by atoms with E-state index < -0.39 is 0 Å². The van der Waals surface area contributed by atoms with Crippen LogP contribution in [0.25, 0.3) is 11.6 Å². The summed E-state index contributed by atoms with van der Waals surface area (Å²) in [6.45, 7) is 0. The van der Waals surface area contributed by atoms with E-state index in [1.165, 1.54) is 0 Å². The second-order valence-corrected chi connectivity index (χ2v) is 1.40. The molecule has 0 bridgehead atoms. The van der Waals surface area contributed by atoms with Crippen LogP contribution in [0.1, 0.15) is 0 Å². The van der Waals surface area contributed by atoms with Crippen LogP contribution in [0.5, 0.6) is 0 Å². The third kappa shape index (κ3) is 9.62. The first kappa shape index (κ1) is 36.0. The molecular formula is C2H10N8Na2O5. The van der Waals surface area contributed by atoms with Gasteiger partial charge in [0.1, 0.15) is 0 Å². The number of hydrogen-bond acceptors (Lipinski definition) is 6. The van der Waals surface area contributed by atoms with Gasteiger partial charge in [0.25, 0.3) is 0 Å². The minimum atomic E-state index is 0. The van der Waals surface area contributed by atoms with Crippen LogP contribution in [0.15, 0.2) is 0 Å². The molecule has 0 amide bonds. The first-order chi connectivity index (χ1) is 4.97. The molecule has 15 heteroatoms. The number of nitrogens with zero attached hydrogens (tertiary/aromatic N) is 8. The molecule has 0 saturated carbocycles. The number of hydrogen-bond donors (Lipinski definition) is 0. The van der Waals surface area contributed by atoms with E-state index in [-0.39, 0.29) is 98.1 Å². The summed E-state index contributed by atoms with van der Waals surface area (Å²) in [5.41, 5.74) is 0. The van der Waals surface area contributed by atoms with Gasteiger partial charge in [-0.25, -0.2) is 0 Å². The van der Waals surface area contributed by atoms with Crippen LogP contribution in [-0.4, -0.2) is 58.4 Å². The normalized spacial score (nSPS) is 5.88. The Morgan fingerprint density at radius 3 is 1.06 bits per heavy atom. The van der Waals surface area contributed by atoms with Crippen LogP contribution in [0.4, 0.5) is 0 Å². The zero-order valence-electron chi connectivity index (χ0n) is 9.08. The van der Waals surface area contributed by atoms with Crippen LogP contribution in [0.2, 0.25) is 0 Å². The van der Waals surface area contributed by atoms with Crippen LogP contribution in [0, 0.1) is 0 Å². The summed E-state index contributed by atoms with van der Waals surface area (Å²) in [5.74, 6) is 0.481. The van der Waals surface area contributed by atoms with E-state index in [0.29, 0.717) is 0 Å². The summed E-state index contributed by atoms with van der Waals surface area (Å²) in [4.78, 5) is 0. The van der Waals surface area contributed by atoms with Gasteiger partial charge in [0.15, 0.2) is 0 Å². The Morgan fingerprint density at radius 2 is 0.882 bits per heavy atom. The van der Waals surface area contributed by atoms with Crippen molar-refractivity contribution in [3.8, 4) is 11.6 Å². The Morgan fingerprint density at radius 1 is 0.588 bits per heavy atom. The molecule has 10 N–H and O–H groups in total. The van der Waals surface area contributed by atoms with E-state index in [1.807, 2.05) is 0 Å². The molecule has 2 rings (SSSR count). The molecule has 0 saturated heterocycles. The van der Waals surface area contributed by atoms with Gasteiger partial charge < -0.3 is 37.6 Å². The van der Waals surface area contributed by atoms with Crippen molar-refractivity contribution < 1.29 is 86.5 Å². The van der Waals surface area contributed by atoms with Gasteiger partial charge in [-0.1, -0.05) is 0 Å². The smallest absolute Gasteiger partial charge is 0.412 e. The van der Waals surface area contributed by atoms with E-state index in [1.54, 1.807) is 0 Å². The van der Waals surface area contributed by atoms with Crippen molar-refractivity contribution in [3.63, 3.8) is 0 Å². The zero-order chi connectivity index (χ0) is 6.81. The van der Waals surface area contributed by atoms with Gasteiger partial charge >= 0.3 is 59.1 Å². The van der Waals surface area contributed by atoms with Gasteiger partial charge in [-0.05, 0) is 0 Å². The fourth-order valence-electron chi connectivity index (χ4n) is 0.468. The van der Waals surface area contributed by atoms with Gasteiger partial charge in [-0.15, -0.1) is 0 Å². The van der Waals surface area contributed by atoms with Gasteiger partial charge in [0.2, 0.25) is 0 Å². The molecular weight excluding hydrogens is 262 g/mol. The van der Waals surface area contributed by atoms with Gasteiger partial charge in [0.05, 0.1) is 0 Å². The third-order valence-corrected chi connectivity index (χ3v) is 0.838. The summed E-state index contributed by atoms with van der Waals surface area (Å²) in [7, 11) is 0. The summed E-state index contributed by atoms with van der Waals surface area (Å²) in [5, 5.41) is 26.9. The summed E-state index contributed by atoms with van der Waals surface area (Å²) in [6.07, 6.45) is 0. The third-order valence-electron chi connectivity index (χ3n) is 0.838. The van der Waals surface area contributed by atoms with E-state index in [9.17, 15) is 0 Å². The Balaban J connectivity index is -0.0000000432. The van der Waals surface area contributed by atoms with Crippen LogP contribution >= 0.6 is 0 Å². The average Bonchev–Trinajstić information content (AvgIpc) is 2.59. The Hall–Kier alpha value is -0.0600. The molecule has 0 radical (unpaired) electrons. The van der Waals surface area contributed by atoms with Crippen molar-refractivity contribution in [2.24, 2.45) is 0 Å². The quantitative estimate of drug-likeness (QED) is 0.448. The van der Waals surface area contributed by atoms with Crippen LogP contribution < -0.4 is 69.3 Å². The average molecular weight is 272 g/mol. The molecule has 0 atom stereocenters. The van der Waals surface area contributed by atoms with E-state index in [2.05, 4.69) is 41.2 Å². The minimum absolute atomic E-state index is 0. The fourth-order valence-corrected chi connectivity index (χ4v) is 0.468. The van der Waals surface area contributed by atoms with E-state index in [4.69, 9.17) is 0 Å². The molecule has 2 heterocycles. The maximum atomic E-state index is 3.48. The SMILES string of the molecule is O.O.O.O.O.[Na+].[Na+].n1n[n-]c(-c2nnn[n-]2)n1. The van der Waals surface area contributed by atoms with Gasteiger partial charge in [-0.2, -0.15) is 10.4 Å². The van der Waals surface area contributed by atoms with Crippen molar-refractivity contribution >= 4 is 0 Å². The molecule has 2 aromatic rings. The fraction of sp³-hybridized carbons (Fsp3) is 0. The van der Waals surface area contributed by atoms with Crippen molar-refractivity contribution in [2.45, 2.75) is 0 Å². The summed E-state index contributed by atoms with van der Waals surface area (Å²) >= 11 is 0. The molecule has 0 spiro atoms. The van der Waals surface area contributed by atoms with Crippen molar-refractivity contribution in [2.75, 3.05) is 0 Å². The Bertz CT molecular complexity index is 269. The first-order valence-corrected chi connectivity index (χ1v) is 2.34. The molecule has 90 valence electrons. The van der Waals surface area contributed by atoms with Gasteiger partial charge in [-0.3, -0.25) is 20.6 Å². The molecule has 0 aliphatic carbocycles. The molecule has 0 fully saturated rings.